The molecule has 3 aromatic rings. The fraction of sp³-hybridized carbons (Fsp3) is 0.125. The molecule has 0 unspecified atom stereocenters. The van der Waals surface area contributed by atoms with Gasteiger partial charge in [0, 0.05) is 23.6 Å². The number of fused-ring (bicyclic) bond motifs is 2. The first kappa shape index (κ1) is 12.7. The number of anilines is 1. The molecule has 1 amide bonds. The second-order valence-corrected chi connectivity index (χ2v) is 5.04. The molecule has 0 saturated heterocycles. The second-order valence-electron chi connectivity index (χ2n) is 5.04. The van der Waals surface area contributed by atoms with Gasteiger partial charge in [0.1, 0.15) is 11.3 Å². The van der Waals surface area contributed by atoms with Gasteiger partial charge >= 0.3 is 0 Å². The minimum absolute atomic E-state index is 0.207. The van der Waals surface area contributed by atoms with E-state index in [-0.39, 0.29) is 12.7 Å². The third-order valence-electron chi connectivity index (χ3n) is 3.56. The van der Waals surface area contributed by atoms with Crippen molar-refractivity contribution in [3.63, 3.8) is 0 Å². The van der Waals surface area contributed by atoms with Crippen LogP contribution in [0, 0.1) is 6.92 Å². The summed E-state index contributed by atoms with van der Waals surface area (Å²) >= 11 is 0. The Morgan fingerprint density at radius 1 is 1.23 bits per heavy atom. The molecule has 0 aliphatic carbocycles. The van der Waals surface area contributed by atoms with Crippen LogP contribution in [-0.2, 0) is 0 Å². The summed E-state index contributed by atoms with van der Waals surface area (Å²) in [5, 5.41) is 2.82. The quantitative estimate of drug-likeness (QED) is 0.789. The largest absolute Gasteiger partial charge is 0.454 e. The van der Waals surface area contributed by atoms with Crippen molar-refractivity contribution in [3.05, 3.63) is 54.0 Å². The molecule has 1 N–H and O–H groups in total. The zero-order valence-electron chi connectivity index (χ0n) is 11.9. The number of carbonyl (C=O) groups is 1. The molecule has 4 rings (SSSR count). The fourth-order valence-electron chi connectivity index (χ4n) is 2.43. The van der Waals surface area contributed by atoms with Gasteiger partial charge in [-0.25, -0.2) is 4.98 Å². The summed E-state index contributed by atoms with van der Waals surface area (Å²) in [7, 11) is 0. The van der Waals surface area contributed by atoms with Crippen LogP contribution in [0.2, 0.25) is 0 Å². The molecule has 1 aromatic carbocycles. The average Bonchev–Trinajstić information content (AvgIpc) is 3.13. The summed E-state index contributed by atoms with van der Waals surface area (Å²) < 4.78 is 12.4. The molecule has 6 nitrogen and oxygen atoms in total. The minimum atomic E-state index is -0.262. The first-order chi connectivity index (χ1) is 10.7. The molecule has 22 heavy (non-hydrogen) atoms. The molecule has 2 aromatic heterocycles. The topological polar surface area (TPSA) is 64.9 Å². The van der Waals surface area contributed by atoms with E-state index in [9.17, 15) is 4.79 Å². The highest BCUT2D eigenvalue weighted by atomic mass is 16.7. The summed E-state index contributed by atoms with van der Waals surface area (Å²) in [5.41, 5.74) is 2.78. The van der Waals surface area contributed by atoms with Crippen molar-refractivity contribution in [2.24, 2.45) is 0 Å². The van der Waals surface area contributed by atoms with E-state index >= 15 is 0 Å². The predicted octanol–water partition coefficient (Wildman–Crippen LogP) is 2.62. The first-order valence-electron chi connectivity index (χ1n) is 6.86. The summed E-state index contributed by atoms with van der Waals surface area (Å²) in [6, 6.07) is 11.0. The highest BCUT2D eigenvalue weighted by Gasteiger charge is 2.16. The number of carbonyl (C=O) groups excluding carboxylic acids is 1. The fourth-order valence-corrected chi connectivity index (χ4v) is 2.43. The number of hydrogen-bond donors (Lipinski definition) is 1. The van der Waals surface area contributed by atoms with Crippen LogP contribution < -0.4 is 14.8 Å². The second kappa shape index (κ2) is 4.77. The van der Waals surface area contributed by atoms with Crippen LogP contribution in [0.1, 0.15) is 16.2 Å². The highest BCUT2D eigenvalue weighted by molar-refractivity contribution is 6.03. The number of nitrogens with one attached hydrogen (secondary N) is 1. The Kier molecular flexibility index (Phi) is 2.75. The van der Waals surface area contributed by atoms with Crippen LogP contribution in [0.4, 0.5) is 5.69 Å². The minimum Gasteiger partial charge on any atom is -0.454 e. The van der Waals surface area contributed by atoms with Gasteiger partial charge in [-0.15, -0.1) is 0 Å². The van der Waals surface area contributed by atoms with E-state index < -0.39 is 0 Å². The van der Waals surface area contributed by atoms with Gasteiger partial charge in [-0.05, 0) is 31.2 Å². The lowest BCUT2D eigenvalue weighted by atomic mass is 10.2. The Balaban J connectivity index is 1.62. The number of aryl methyl sites for hydroxylation is 1. The van der Waals surface area contributed by atoms with Crippen molar-refractivity contribution in [1.82, 2.24) is 9.38 Å². The molecule has 0 radical (unpaired) electrons. The van der Waals surface area contributed by atoms with Crippen LogP contribution in [-0.4, -0.2) is 22.1 Å². The lowest BCUT2D eigenvalue weighted by molar-refractivity contribution is 0.102. The van der Waals surface area contributed by atoms with E-state index in [2.05, 4.69) is 10.3 Å². The van der Waals surface area contributed by atoms with E-state index in [0.29, 0.717) is 22.9 Å². The average molecular weight is 295 g/mol. The van der Waals surface area contributed by atoms with Crippen LogP contribution in [0.5, 0.6) is 11.5 Å². The molecule has 3 heterocycles. The Hall–Kier alpha value is -3.02. The number of ether oxygens (including phenoxy) is 2. The van der Waals surface area contributed by atoms with Crippen LogP contribution in [0.15, 0.2) is 42.6 Å². The number of pyridine rings is 1. The van der Waals surface area contributed by atoms with Gasteiger partial charge in [0.05, 0.1) is 0 Å². The van der Waals surface area contributed by atoms with E-state index in [1.165, 1.54) is 0 Å². The molecule has 0 fully saturated rings. The van der Waals surface area contributed by atoms with Crippen molar-refractivity contribution in [1.29, 1.82) is 0 Å². The number of amides is 1. The standard InChI is InChI=1S/C16H13N3O3/c1-10-3-2-4-15-18-12(8-19(10)15)16(20)17-11-5-6-13-14(7-11)22-9-21-13/h2-8H,9H2,1H3,(H,17,20). The van der Waals surface area contributed by atoms with Gasteiger partial charge < -0.3 is 19.2 Å². The number of hydrogen-bond acceptors (Lipinski definition) is 4. The van der Waals surface area contributed by atoms with Crippen molar-refractivity contribution in [2.45, 2.75) is 6.92 Å². The SMILES string of the molecule is Cc1cccc2nc(C(=O)Nc3ccc4c(c3)OCO4)cn12. The molecule has 0 saturated carbocycles. The molecule has 1 aliphatic heterocycles. The third-order valence-corrected chi connectivity index (χ3v) is 3.56. The molecule has 0 spiro atoms. The van der Waals surface area contributed by atoms with Gasteiger partial charge in [-0.3, -0.25) is 4.79 Å². The first-order valence-corrected chi connectivity index (χ1v) is 6.86. The molecule has 110 valence electrons. The van der Waals surface area contributed by atoms with Crippen molar-refractivity contribution in [3.8, 4) is 11.5 Å². The number of imidazole rings is 1. The van der Waals surface area contributed by atoms with Crippen molar-refractivity contribution >= 4 is 17.2 Å². The van der Waals surface area contributed by atoms with Gasteiger partial charge in [0.25, 0.3) is 5.91 Å². The van der Waals surface area contributed by atoms with Crippen LogP contribution in [0.25, 0.3) is 5.65 Å². The zero-order chi connectivity index (χ0) is 15.1. The van der Waals surface area contributed by atoms with Gasteiger partial charge in [0.2, 0.25) is 6.79 Å². The van der Waals surface area contributed by atoms with Gasteiger partial charge in [0.15, 0.2) is 11.5 Å². The van der Waals surface area contributed by atoms with Crippen molar-refractivity contribution < 1.29 is 14.3 Å². The van der Waals surface area contributed by atoms with Crippen LogP contribution in [0.3, 0.4) is 0 Å². The number of nitrogens with zero attached hydrogens (tertiary/aromatic N) is 2. The lowest BCUT2D eigenvalue weighted by Crippen LogP contribution is -2.12. The van der Waals surface area contributed by atoms with Crippen molar-refractivity contribution in [2.75, 3.05) is 12.1 Å². The Bertz CT molecular complexity index is 885. The highest BCUT2D eigenvalue weighted by Crippen LogP contribution is 2.34. The zero-order valence-corrected chi connectivity index (χ0v) is 11.9. The molecule has 6 heteroatoms. The predicted molar refractivity (Wildman–Crippen MR) is 80.4 cm³/mol. The number of rotatable bonds is 2. The Labute approximate surface area is 126 Å². The van der Waals surface area contributed by atoms with E-state index in [1.807, 2.05) is 29.5 Å². The van der Waals surface area contributed by atoms with E-state index in [4.69, 9.17) is 9.47 Å². The third kappa shape index (κ3) is 2.05. The van der Waals surface area contributed by atoms with Gasteiger partial charge in [-0.2, -0.15) is 0 Å². The summed E-state index contributed by atoms with van der Waals surface area (Å²) in [5.74, 6) is 1.05. The summed E-state index contributed by atoms with van der Waals surface area (Å²) in [4.78, 5) is 16.7. The maximum absolute atomic E-state index is 12.3. The number of aromatic nitrogens is 2. The number of benzene rings is 1. The molecular weight excluding hydrogens is 282 g/mol. The molecule has 0 atom stereocenters. The summed E-state index contributed by atoms with van der Waals surface area (Å²) in [6.45, 7) is 2.17. The monoisotopic (exact) mass is 295 g/mol. The van der Waals surface area contributed by atoms with Crippen LogP contribution >= 0.6 is 0 Å². The lowest BCUT2D eigenvalue weighted by Gasteiger charge is -2.04. The Morgan fingerprint density at radius 3 is 2.95 bits per heavy atom. The molecule has 1 aliphatic rings. The van der Waals surface area contributed by atoms with Gasteiger partial charge in [-0.1, -0.05) is 6.07 Å². The van der Waals surface area contributed by atoms with E-state index in [1.54, 1.807) is 24.4 Å². The molecular formula is C16H13N3O3. The maximum atomic E-state index is 12.3. The smallest absolute Gasteiger partial charge is 0.275 e. The normalized spacial score (nSPS) is 12.6. The Morgan fingerprint density at radius 2 is 2.09 bits per heavy atom. The summed E-state index contributed by atoms with van der Waals surface area (Å²) in [6.07, 6.45) is 1.73. The maximum Gasteiger partial charge on any atom is 0.275 e. The molecule has 0 bridgehead atoms. The van der Waals surface area contributed by atoms with E-state index in [0.717, 1.165) is 11.3 Å².